The summed E-state index contributed by atoms with van der Waals surface area (Å²) >= 11 is 0. The number of hydrogen-bond donors (Lipinski definition) is 1. The largest absolute Gasteiger partial charge is 0.317 e. The maximum atomic E-state index is 11.3. The van der Waals surface area contributed by atoms with Gasteiger partial charge in [0.15, 0.2) is 0 Å². The molecule has 12 heavy (non-hydrogen) atoms. The van der Waals surface area contributed by atoms with Crippen LogP contribution in [0.1, 0.15) is 12.8 Å². The molecule has 1 fully saturated rings. The van der Waals surface area contributed by atoms with Gasteiger partial charge in [0.05, 0.1) is 12.2 Å². The van der Waals surface area contributed by atoms with Crippen molar-refractivity contribution in [2.75, 3.05) is 20.1 Å². The highest BCUT2D eigenvalue weighted by Gasteiger charge is 2.25. The fourth-order valence-electron chi connectivity index (χ4n) is 1.64. The van der Waals surface area contributed by atoms with E-state index < -0.39 is 0 Å². The molecule has 2 rings (SSSR count). The van der Waals surface area contributed by atoms with Gasteiger partial charge in [0.1, 0.15) is 0 Å². The zero-order valence-corrected chi connectivity index (χ0v) is 7.21. The maximum absolute atomic E-state index is 11.3. The number of amides is 1. The molecule has 0 aromatic carbocycles. The number of likely N-dealkylation sites (tertiary alicyclic amines) is 1. The van der Waals surface area contributed by atoms with E-state index in [9.17, 15) is 4.79 Å². The molecule has 2 heterocycles. The van der Waals surface area contributed by atoms with Crippen LogP contribution in [0.3, 0.4) is 0 Å². The van der Waals surface area contributed by atoms with Crippen molar-refractivity contribution in [2.24, 2.45) is 0 Å². The van der Waals surface area contributed by atoms with E-state index in [2.05, 4.69) is 5.43 Å². The average molecular weight is 167 g/mol. The molecule has 2 aliphatic rings. The smallest absolute Gasteiger partial charge is 0.226 e. The Morgan fingerprint density at radius 1 is 1.58 bits per heavy atom. The van der Waals surface area contributed by atoms with E-state index in [1.807, 2.05) is 23.2 Å². The Kier molecular flexibility index (Phi) is 1.77. The highest BCUT2D eigenvalue weighted by molar-refractivity contribution is 5.80. The first-order valence-corrected chi connectivity index (χ1v) is 4.25. The van der Waals surface area contributed by atoms with E-state index in [1.165, 1.54) is 0 Å². The lowest BCUT2D eigenvalue weighted by Gasteiger charge is -2.14. The van der Waals surface area contributed by atoms with Crippen LogP contribution in [-0.2, 0) is 4.79 Å². The minimum absolute atomic E-state index is 0.262. The number of rotatable bonds is 1. The number of hydrazine groups is 1. The molecule has 0 bridgehead atoms. The number of hydrogen-bond acceptors (Lipinski definition) is 3. The Morgan fingerprint density at radius 2 is 2.42 bits per heavy atom. The molecule has 0 atom stereocenters. The second-order valence-electron chi connectivity index (χ2n) is 3.22. The summed E-state index contributed by atoms with van der Waals surface area (Å²) in [6.45, 7) is 1.67. The van der Waals surface area contributed by atoms with Gasteiger partial charge in [0.2, 0.25) is 5.91 Å². The second-order valence-corrected chi connectivity index (χ2v) is 3.22. The van der Waals surface area contributed by atoms with Crippen molar-refractivity contribution >= 4 is 5.91 Å². The van der Waals surface area contributed by atoms with Crippen molar-refractivity contribution in [3.63, 3.8) is 0 Å². The molecule has 0 radical (unpaired) electrons. The van der Waals surface area contributed by atoms with Crippen molar-refractivity contribution in [1.29, 1.82) is 0 Å². The van der Waals surface area contributed by atoms with Gasteiger partial charge in [-0.15, -0.1) is 0 Å². The van der Waals surface area contributed by atoms with Crippen LogP contribution in [0.2, 0.25) is 0 Å². The minimum Gasteiger partial charge on any atom is -0.317 e. The molecule has 0 aromatic rings. The molecule has 4 heteroatoms. The van der Waals surface area contributed by atoms with Gasteiger partial charge in [-0.05, 0) is 6.42 Å². The van der Waals surface area contributed by atoms with Crippen molar-refractivity contribution in [2.45, 2.75) is 12.8 Å². The molecule has 0 spiro atoms. The van der Waals surface area contributed by atoms with Gasteiger partial charge in [-0.3, -0.25) is 4.79 Å². The molecule has 1 N–H and O–H groups in total. The van der Waals surface area contributed by atoms with E-state index in [1.54, 1.807) is 0 Å². The Labute approximate surface area is 71.8 Å². The third-order valence-corrected chi connectivity index (χ3v) is 2.27. The molecule has 0 saturated carbocycles. The van der Waals surface area contributed by atoms with Gasteiger partial charge < -0.3 is 9.91 Å². The zero-order chi connectivity index (χ0) is 8.55. The normalized spacial score (nSPS) is 23.8. The summed E-state index contributed by atoms with van der Waals surface area (Å²) in [7, 11) is 1.94. The Bertz CT molecular complexity index is 236. The quantitative estimate of drug-likeness (QED) is 0.592. The van der Waals surface area contributed by atoms with Crippen molar-refractivity contribution < 1.29 is 4.79 Å². The fourth-order valence-corrected chi connectivity index (χ4v) is 1.64. The Balaban J connectivity index is 2.09. The van der Waals surface area contributed by atoms with Crippen LogP contribution in [0.4, 0.5) is 0 Å². The van der Waals surface area contributed by atoms with Gasteiger partial charge in [-0.2, -0.15) is 0 Å². The monoisotopic (exact) mass is 167 g/mol. The summed E-state index contributed by atoms with van der Waals surface area (Å²) in [5.74, 6) is 0.262. The summed E-state index contributed by atoms with van der Waals surface area (Å²) in [5, 5.41) is 1.89. The molecule has 2 aliphatic heterocycles. The molecular weight excluding hydrogens is 154 g/mol. The lowest BCUT2D eigenvalue weighted by atomic mass is 10.4. The molecule has 4 nitrogen and oxygen atoms in total. The summed E-state index contributed by atoms with van der Waals surface area (Å²) < 4.78 is 0. The predicted octanol–water partition coefficient (Wildman–Crippen LogP) is -0.0998. The molecule has 0 aliphatic carbocycles. The standard InChI is InChI=1S/C8H13N3O/c1-10-6-7(5-9-10)11-4-2-3-8(11)12/h6,9H,2-5H2,1H3. The Hall–Kier alpha value is -1.03. The van der Waals surface area contributed by atoms with Gasteiger partial charge >= 0.3 is 0 Å². The number of carbonyl (C=O) groups excluding carboxylic acids is 1. The van der Waals surface area contributed by atoms with Crippen LogP contribution in [0, 0.1) is 0 Å². The maximum Gasteiger partial charge on any atom is 0.226 e. The van der Waals surface area contributed by atoms with Crippen LogP contribution in [0.5, 0.6) is 0 Å². The van der Waals surface area contributed by atoms with Gasteiger partial charge in [-0.25, -0.2) is 5.43 Å². The van der Waals surface area contributed by atoms with Gasteiger partial charge in [0, 0.05) is 26.2 Å². The molecule has 0 unspecified atom stereocenters. The van der Waals surface area contributed by atoms with Gasteiger partial charge in [0.25, 0.3) is 0 Å². The van der Waals surface area contributed by atoms with E-state index >= 15 is 0 Å². The number of nitrogens with zero attached hydrogens (tertiary/aromatic N) is 2. The van der Waals surface area contributed by atoms with E-state index in [-0.39, 0.29) is 5.91 Å². The lowest BCUT2D eigenvalue weighted by Crippen LogP contribution is -2.28. The molecule has 66 valence electrons. The van der Waals surface area contributed by atoms with Crippen LogP contribution in [-0.4, -0.2) is 36.0 Å². The van der Waals surface area contributed by atoms with Crippen LogP contribution >= 0.6 is 0 Å². The third kappa shape index (κ3) is 1.18. The van der Waals surface area contributed by atoms with Crippen molar-refractivity contribution in [1.82, 2.24) is 15.3 Å². The first-order chi connectivity index (χ1) is 5.77. The first-order valence-electron chi connectivity index (χ1n) is 4.25. The fraction of sp³-hybridized carbons (Fsp3) is 0.625. The van der Waals surface area contributed by atoms with Gasteiger partial charge in [-0.1, -0.05) is 0 Å². The summed E-state index contributed by atoms with van der Waals surface area (Å²) in [6, 6.07) is 0. The van der Waals surface area contributed by atoms with Crippen LogP contribution in [0.25, 0.3) is 0 Å². The highest BCUT2D eigenvalue weighted by atomic mass is 16.2. The summed E-state index contributed by atoms with van der Waals surface area (Å²) in [4.78, 5) is 13.2. The summed E-state index contributed by atoms with van der Waals surface area (Å²) in [5.41, 5.74) is 4.21. The van der Waals surface area contributed by atoms with Crippen LogP contribution in [0.15, 0.2) is 11.9 Å². The lowest BCUT2D eigenvalue weighted by molar-refractivity contribution is -0.126. The third-order valence-electron chi connectivity index (χ3n) is 2.27. The predicted molar refractivity (Wildman–Crippen MR) is 44.8 cm³/mol. The molecular formula is C8H13N3O. The molecule has 1 amide bonds. The second kappa shape index (κ2) is 2.79. The molecule has 1 saturated heterocycles. The SMILES string of the molecule is CN1C=C(N2CCCC2=O)CN1. The van der Waals surface area contributed by atoms with Crippen molar-refractivity contribution in [3.8, 4) is 0 Å². The number of carbonyl (C=O) groups is 1. The minimum atomic E-state index is 0.262. The van der Waals surface area contributed by atoms with Crippen LogP contribution < -0.4 is 5.43 Å². The van der Waals surface area contributed by atoms with E-state index in [4.69, 9.17) is 0 Å². The zero-order valence-electron chi connectivity index (χ0n) is 7.21. The number of nitrogens with one attached hydrogen (secondary N) is 1. The van der Waals surface area contributed by atoms with E-state index in [0.29, 0.717) is 6.42 Å². The average Bonchev–Trinajstić information content (AvgIpc) is 2.58. The van der Waals surface area contributed by atoms with E-state index in [0.717, 1.165) is 25.2 Å². The summed E-state index contributed by atoms with van der Waals surface area (Å²) in [6.07, 6.45) is 3.68. The van der Waals surface area contributed by atoms with Crippen molar-refractivity contribution in [3.05, 3.63) is 11.9 Å². The Morgan fingerprint density at radius 3 is 2.92 bits per heavy atom. The topological polar surface area (TPSA) is 35.6 Å². The first kappa shape index (κ1) is 7.61. The highest BCUT2D eigenvalue weighted by Crippen LogP contribution is 2.17. The molecule has 0 aromatic heterocycles.